The normalized spacial score (nSPS) is 20.7. The average molecular weight is 402 g/mol. The van der Waals surface area contributed by atoms with Crippen molar-refractivity contribution in [2.75, 3.05) is 13.1 Å². The summed E-state index contributed by atoms with van der Waals surface area (Å²) in [5.41, 5.74) is 2.14. The van der Waals surface area contributed by atoms with Crippen LogP contribution in [0, 0.1) is 5.92 Å². The van der Waals surface area contributed by atoms with E-state index >= 15 is 0 Å². The summed E-state index contributed by atoms with van der Waals surface area (Å²) in [7, 11) is 0. The van der Waals surface area contributed by atoms with Gasteiger partial charge >= 0.3 is 0 Å². The first kappa shape index (κ1) is 20.1. The molecule has 0 bridgehead atoms. The van der Waals surface area contributed by atoms with Crippen molar-refractivity contribution in [1.82, 2.24) is 9.80 Å². The van der Waals surface area contributed by atoms with Crippen molar-refractivity contribution in [3.8, 4) is 0 Å². The molecule has 0 saturated carbocycles. The lowest BCUT2D eigenvalue weighted by molar-refractivity contribution is -0.132. The van der Waals surface area contributed by atoms with Gasteiger partial charge in [-0.2, -0.15) is 0 Å². The molecule has 5 heteroatoms. The second kappa shape index (κ2) is 8.66. The molecule has 154 valence electrons. The number of likely N-dealkylation sites (tertiary alicyclic amines) is 1. The molecule has 2 aromatic carbocycles. The Kier molecular flexibility index (Phi) is 5.79. The van der Waals surface area contributed by atoms with Crippen molar-refractivity contribution >= 4 is 17.7 Å². The molecule has 0 aromatic heterocycles. The van der Waals surface area contributed by atoms with Crippen LogP contribution in [0.4, 0.5) is 0 Å². The molecule has 1 saturated heterocycles. The third-order valence-electron chi connectivity index (χ3n) is 6.06. The molecule has 2 aliphatic rings. The number of hydrogen-bond acceptors (Lipinski definition) is 3. The highest BCUT2D eigenvalue weighted by Gasteiger charge is 2.43. The monoisotopic (exact) mass is 402 g/mol. The van der Waals surface area contributed by atoms with Gasteiger partial charge in [0.15, 0.2) is 0 Å². The van der Waals surface area contributed by atoms with E-state index in [1.165, 1.54) is 10.5 Å². The Morgan fingerprint density at radius 2 is 1.57 bits per heavy atom. The number of imide groups is 1. The Bertz CT molecular complexity index is 934. The molecule has 2 aliphatic heterocycles. The number of carbonyl (C=O) groups excluding carboxylic acids is 3. The highest BCUT2D eigenvalue weighted by molar-refractivity contribution is 6.21. The summed E-state index contributed by atoms with van der Waals surface area (Å²) in [5, 5.41) is 0. The average Bonchev–Trinajstić information content (AvgIpc) is 3.19. The van der Waals surface area contributed by atoms with Gasteiger partial charge in [0.25, 0.3) is 11.8 Å². The first-order valence-electron chi connectivity index (χ1n) is 10.5. The van der Waals surface area contributed by atoms with Crippen LogP contribution in [0.1, 0.15) is 45.5 Å². The molecular formula is C25H26N2O3. The van der Waals surface area contributed by atoms with Crippen LogP contribution in [0.5, 0.6) is 0 Å². The van der Waals surface area contributed by atoms with Gasteiger partial charge in [0.05, 0.1) is 17.2 Å². The van der Waals surface area contributed by atoms with Gasteiger partial charge in [0.1, 0.15) is 0 Å². The Hall–Kier alpha value is -3.21. The van der Waals surface area contributed by atoms with Crippen LogP contribution in [0.25, 0.3) is 0 Å². The molecule has 2 atom stereocenters. The molecule has 0 N–H and O–H groups in total. The summed E-state index contributed by atoms with van der Waals surface area (Å²) in [4.78, 5) is 41.7. The molecule has 30 heavy (non-hydrogen) atoms. The molecule has 0 aliphatic carbocycles. The Labute approximate surface area is 177 Å². The second-order valence-corrected chi connectivity index (χ2v) is 8.00. The standard InChI is InChI=1S/C25H26N2O3/c1-2-9-19-16-20(17-27-24(29)21-13-6-7-14-22(21)25(27)30)26(23(19)28)15-8-12-18-10-4-3-5-11-18/h2-7,10-11,13-14,19-20H,1,8-9,12,15-17H2. The summed E-state index contributed by atoms with van der Waals surface area (Å²) in [6, 6.07) is 17.0. The number of allylic oxidation sites excluding steroid dienone is 1. The van der Waals surface area contributed by atoms with Crippen molar-refractivity contribution in [3.05, 3.63) is 83.9 Å². The maximum absolute atomic E-state index is 13.0. The molecule has 1 fully saturated rings. The third kappa shape index (κ3) is 3.80. The van der Waals surface area contributed by atoms with E-state index < -0.39 is 0 Å². The van der Waals surface area contributed by atoms with Crippen LogP contribution in [0.3, 0.4) is 0 Å². The maximum atomic E-state index is 13.0. The summed E-state index contributed by atoms with van der Waals surface area (Å²) in [6.45, 7) is 4.64. The predicted octanol–water partition coefficient (Wildman–Crippen LogP) is 3.71. The van der Waals surface area contributed by atoms with E-state index in [4.69, 9.17) is 0 Å². The van der Waals surface area contributed by atoms with E-state index in [1.807, 2.05) is 23.1 Å². The van der Waals surface area contributed by atoms with Gasteiger partial charge < -0.3 is 4.90 Å². The number of hydrogen-bond donors (Lipinski definition) is 0. The Balaban J connectivity index is 1.47. The van der Waals surface area contributed by atoms with Crippen LogP contribution < -0.4 is 0 Å². The van der Waals surface area contributed by atoms with Gasteiger partial charge in [0.2, 0.25) is 5.91 Å². The number of amides is 3. The maximum Gasteiger partial charge on any atom is 0.261 e. The summed E-state index contributed by atoms with van der Waals surface area (Å²) in [5.74, 6) is -0.553. The molecule has 0 radical (unpaired) electrons. The van der Waals surface area contributed by atoms with Crippen LogP contribution >= 0.6 is 0 Å². The van der Waals surface area contributed by atoms with Crippen molar-refractivity contribution in [2.45, 2.75) is 31.7 Å². The first-order valence-corrected chi connectivity index (χ1v) is 10.5. The van der Waals surface area contributed by atoms with E-state index in [0.717, 1.165) is 12.8 Å². The van der Waals surface area contributed by atoms with Gasteiger partial charge in [-0.25, -0.2) is 0 Å². The van der Waals surface area contributed by atoms with Gasteiger partial charge in [-0.15, -0.1) is 6.58 Å². The van der Waals surface area contributed by atoms with E-state index in [2.05, 4.69) is 18.7 Å². The van der Waals surface area contributed by atoms with Crippen molar-refractivity contribution < 1.29 is 14.4 Å². The predicted molar refractivity (Wildman–Crippen MR) is 115 cm³/mol. The number of aryl methyl sites for hydroxylation is 1. The largest absolute Gasteiger partial charge is 0.338 e. The fraction of sp³-hybridized carbons (Fsp3) is 0.320. The summed E-state index contributed by atoms with van der Waals surface area (Å²) in [6.07, 6.45) is 4.76. The number of carbonyl (C=O) groups is 3. The van der Waals surface area contributed by atoms with Crippen molar-refractivity contribution in [2.24, 2.45) is 5.92 Å². The smallest absolute Gasteiger partial charge is 0.261 e. The molecule has 5 nitrogen and oxygen atoms in total. The van der Waals surface area contributed by atoms with Crippen LogP contribution in [0.15, 0.2) is 67.3 Å². The zero-order chi connectivity index (χ0) is 21.1. The molecule has 3 amide bonds. The van der Waals surface area contributed by atoms with E-state index in [1.54, 1.807) is 30.3 Å². The van der Waals surface area contributed by atoms with Gasteiger partial charge in [0, 0.05) is 19.0 Å². The number of nitrogens with zero attached hydrogens (tertiary/aromatic N) is 2. The highest BCUT2D eigenvalue weighted by Crippen LogP contribution is 2.31. The number of rotatable bonds is 8. The topological polar surface area (TPSA) is 57.7 Å². The lowest BCUT2D eigenvalue weighted by Crippen LogP contribution is -2.44. The fourth-order valence-electron chi connectivity index (χ4n) is 4.55. The van der Waals surface area contributed by atoms with Crippen molar-refractivity contribution in [3.63, 3.8) is 0 Å². The van der Waals surface area contributed by atoms with E-state index in [9.17, 15) is 14.4 Å². The third-order valence-corrected chi connectivity index (χ3v) is 6.06. The van der Waals surface area contributed by atoms with Gasteiger partial charge in [-0.3, -0.25) is 19.3 Å². The van der Waals surface area contributed by atoms with Gasteiger partial charge in [-0.1, -0.05) is 48.5 Å². The minimum Gasteiger partial charge on any atom is -0.338 e. The lowest BCUT2D eigenvalue weighted by Gasteiger charge is -2.28. The summed E-state index contributed by atoms with van der Waals surface area (Å²) >= 11 is 0. The van der Waals surface area contributed by atoms with Crippen LogP contribution in [-0.2, 0) is 11.2 Å². The van der Waals surface area contributed by atoms with Crippen molar-refractivity contribution in [1.29, 1.82) is 0 Å². The zero-order valence-corrected chi connectivity index (χ0v) is 17.0. The highest BCUT2D eigenvalue weighted by atomic mass is 16.2. The quantitative estimate of drug-likeness (QED) is 0.500. The van der Waals surface area contributed by atoms with Crippen LogP contribution in [0.2, 0.25) is 0 Å². The minimum absolute atomic E-state index is 0.101. The van der Waals surface area contributed by atoms with Gasteiger partial charge in [-0.05, 0) is 43.4 Å². The second-order valence-electron chi connectivity index (χ2n) is 8.00. The zero-order valence-electron chi connectivity index (χ0n) is 17.0. The summed E-state index contributed by atoms with van der Waals surface area (Å²) < 4.78 is 0. The molecule has 2 aromatic rings. The molecular weight excluding hydrogens is 376 g/mol. The fourth-order valence-corrected chi connectivity index (χ4v) is 4.55. The van der Waals surface area contributed by atoms with E-state index in [-0.39, 0.29) is 36.2 Å². The minimum atomic E-state index is -0.264. The molecule has 2 unspecified atom stereocenters. The Morgan fingerprint density at radius 1 is 0.933 bits per heavy atom. The first-order chi connectivity index (χ1) is 14.6. The SMILES string of the molecule is C=CCC1CC(CN2C(=O)c3ccccc3C2=O)N(CCCc2ccccc2)C1=O. The number of fused-ring (bicyclic) bond motifs is 1. The Morgan fingerprint density at radius 3 is 2.20 bits per heavy atom. The van der Waals surface area contributed by atoms with E-state index in [0.29, 0.717) is 30.5 Å². The lowest BCUT2D eigenvalue weighted by atomic mass is 10.0. The van der Waals surface area contributed by atoms with Crippen LogP contribution in [-0.4, -0.2) is 46.7 Å². The molecule has 4 rings (SSSR count). The molecule has 0 spiro atoms. The molecule has 2 heterocycles. The number of benzene rings is 2.